The first-order valence-electron chi connectivity index (χ1n) is 6.10. The Hall–Kier alpha value is -1.20. The van der Waals surface area contributed by atoms with Gasteiger partial charge in [0, 0.05) is 12.5 Å². The van der Waals surface area contributed by atoms with Gasteiger partial charge in [0.15, 0.2) is 0 Å². The van der Waals surface area contributed by atoms with Gasteiger partial charge in [-0.1, -0.05) is 18.0 Å². The minimum absolute atomic E-state index is 0.0239. The fourth-order valence-electron chi connectivity index (χ4n) is 2.27. The molecule has 0 heterocycles. The Morgan fingerprint density at radius 3 is 2.74 bits per heavy atom. The molecule has 0 radical (unpaired) electrons. The number of hydrogen-bond acceptors (Lipinski definition) is 2. The average molecular weight is 290 g/mol. The second-order valence-corrected chi connectivity index (χ2v) is 5.12. The van der Waals surface area contributed by atoms with Crippen LogP contribution in [0, 0.1) is 17.6 Å². The third kappa shape index (κ3) is 3.22. The van der Waals surface area contributed by atoms with Gasteiger partial charge in [0.1, 0.15) is 11.6 Å². The van der Waals surface area contributed by atoms with Crippen LogP contribution < -0.4 is 5.32 Å². The number of carbonyl (C=O) groups is 1. The maximum absolute atomic E-state index is 13.5. The second kappa shape index (κ2) is 5.84. The van der Waals surface area contributed by atoms with Gasteiger partial charge < -0.3 is 10.4 Å². The molecular weight excluding hydrogens is 276 g/mol. The molecule has 2 N–H and O–H groups in total. The first-order valence-corrected chi connectivity index (χ1v) is 6.47. The van der Waals surface area contributed by atoms with Crippen LogP contribution in [-0.4, -0.2) is 23.7 Å². The van der Waals surface area contributed by atoms with Gasteiger partial charge in [-0.15, -0.1) is 0 Å². The smallest absolute Gasteiger partial charge is 0.254 e. The number of hydrogen-bond donors (Lipinski definition) is 2. The highest BCUT2D eigenvalue weighted by Crippen LogP contribution is 2.25. The predicted octanol–water partition coefficient (Wildman–Crippen LogP) is 2.51. The van der Waals surface area contributed by atoms with Crippen molar-refractivity contribution >= 4 is 17.5 Å². The molecule has 2 rings (SSSR count). The quantitative estimate of drug-likeness (QED) is 0.840. The van der Waals surface area contributed by atoms with Gasteiger partial charge in [-0.05, 0) is 25.0 Å². The van der Waals surface area contributed by atoms with Gasteiger partial charge in [0.05, 0.1) is 16.7 Å². The molecule has 1 amide bonds. The fraction of sp³-hybridized carbons (Fsp3) is 0.462. The van der Waals surface area contributed by atoms with Crippen molar-refractivity contribution in [1.29, 1.82) is 0 Å². The standard InChI is InChI=1S/C13H14ClF2NO2/c14-9-5-10(15)8(4-11(9)16)13(19)17-6-7-2-1-3-12(7)18/h4-5,7,12,18H,1-3,6H2,(H,17,19). The van der Waals surface area contributed by atoms with Crippen molar-refractivity contribution in [3.8, 4) is 0 Å². The molecule has 104 valence electrons. The SMILES string of the molecule is O=C(NCC1CCCC1O)c1cc(F)c(Cl)cc1F. The van der Waals surface area contributed by atoms with E-state index < -0.39 is 23.6 Å². The van der Waals surface area contributed by atoms with E-state index >= 15 is 0 Å². The van der Waals surface area contributed by atoms with Crippen molar-refractivity contribution in [3.05, 3.63) is 34.4 Å². The molecule has 1 aromatic carbocycles. The number of aliphatic hydroxyl groups is 1. The third-order valence-corrected chi connectivity index (χ3v) is 3.69. The summed E-state index contributed by atoms with van der Waals surface area (Å²) in [5.74, 6) is -2.43. The van der Waals surface area contributed by atoms with Crippen molar-refractivity contribution in [2.45, 2.75) is 25.4 Å². The Morgan fingerprint density at radius 1 is 1.37 bits per heavy atom. The van der Waals surface area contributed by atoms with Gasteiger partial charge in [-0.25, -0.2) is 8.78 Å². The summed E-state index contributed by atoms with van der Waals surface area (Å²) in [6, 6.07) is 1.55. The van der Waals surface area contributed by atoms with Gasteiger partial charge in [0.25, 0.3) is 5.91 Å². The third-order valence-electron chi connectivity index (χ3n) is 3.40. The van der Waals surface area contributed by atoms with Gasteiger partial charge in [-0.2, -0.15) is 0 Å². The Balaban J connectivity index is 2.02. The normalized spacial score (nSPS) is 22.5. The van der Waals surface area contributed by atoms with Crippen LogP contribution in [0.1, 0.15) is 29.6 Å². The Morgan fingerprint density at radius 2 is 2.11 bits per heavy atom. The molecule has 2 unspecified atom stereocenters. The molecular formula is C13H14ClF2NO2. The van der Waals surface area contributed by atoms with E-state index in [2.05, 4.69) is 5.32 Å². The van der Waals surface area contributed by atoms with Crippen molar-refractivity contribution in [3.63, 3.8) is 0 Å². The fourth-order valence-corrected chi connectivity index (χ4v) is 2.42. The molecule has 1 saturated carbocycles. The van der Waals surface area contributed by atoms with Gasteiger partial charge in [-0.3, -0.25) is 4.79 Å². The van der Waals surface area contributed by atoms with Crippen LogP contribution in [0.5, 0.6) is 0 Å². The van der Waals surface area contributed by atoms with Crippen LogP contribution in [0.25, 0.3) is 0 Å². The lowest BCUT2D eigenvalue weighted by Gasteiger charge is -2.15. The summed E-state index contributed by atoms with van der Waals surface area (Å²) in [5, 5.41) is 11.8. The highest BCUT2D eigenvalue weighted by atomic mass is 35.5. The number of aliphatic hydroxyl groups excluding tert-OH is 1. The summed E-state index contributed by atoms with van der Waals surface area (Å²) < 4.78 is 26.7. The molecule has 1 aromatic rings. The largest absolute Gasteiger partial charge is 0.393 e. The molecule has 3 nitrogen and oxygen atoms in total. The Labute approximate surface area is 114 Å². The summed E-state index contributed by atoms with van der Waals surface area (Å²) in [6.07, 6.45) is 2.00. The maximum atomic E-state index is 13.5. The number of nitrogens with one attached hydrogen (secondary N) is 1. The lowest BCUT2D eigenvalue weighted by molar-refractivity contribution is 0.0912. The molecule has 0 spiro atoms. The minimum Gasteiger partial charge on any atom is -0.393 e. The van der Waals surface area contributed by atoms with Crippen LogP contribution in [0.2, 0.25) is 5.02 Å². The van der Waals surface area contributed by atoms with Crippen LogP contribution in [0.15, 0.2) is 12.1 Å². The monoisotopic (exact) mass is 289 g/mol. The van der Waals surface area contributed by atoms with E-state index in [9.17, 15) is 18.7 Å². The van der Waals surface area contributed by atoms with Crippen molar-refractivity contribution in [1.82, 2.24) is 5.32 Å². The van der Waals surface area contributed by atoms with E-state index in [0.29, 0.717) is 6.42 Å². The second-order valence-electron chi connectivity index (χ2n) is 4.71. The molecule has 2 atom stereocenters. The molecule has 1 aliphatic carbocycles. The van der Waals surface area contributed by atoms with E-state index in [-0.39, 0.29) is 23.0 Å². The highest BCUT2D eigenvalue weighted by Gasteiger charge is 2.26. The van der Waals surface area contributed by atoms with Gasteiger partial charge in [0.2, 0.25) is 0 Å². The number of carbonyl (C=O) groups excluding carboxylic acids is 1. The Kier molecular flexibility index (Phi) is 4.37. The first-order chi connectivity index (χ1) is 8.99. The summed E-state index contributed by atoms with van der Waals surface area (Å²) in [7, 11) is 0. The van der Waals surface area contributed by atoms with E-state index in [4.69, 9.17) is 11.6 Å². The van der Waals surface area contributed by atoms with Crippen molar-refractivity contribution < 1.29 is 18.7 Å². The molecule has 0 aliphatic heterocycles. The minimum atomic E-state index is -0.865. The van der Waals surface area contributed by atoms with Crippen molar-refractivity contribution in [2.24, 2.45) is 5.92 Å². The van der Waals surface area contributed by atoms with E-state index in [0.717, 1.165) is 25.0 Å². The average Bonchev–Trinajstić information content (AvgIpc) is 2.76. The lowest BCUT2D eigenvalue weighted by atomic mass is 10.1. The molecule has 0 bridgehead atoms. The zero-order valence-corrected chi connectivity index (χ0v) is 10.9. The molecule has 0 saturated heterocycles. The van der Waals surface area contributed by atoms with Crippen LogP contribution >= 0.6 is 11.6 Å². The summed E-state index contributed by atoms with van der Waals surface area (Å²) >= 11 is 5.41. The van der Waals surface area contributed by atoms with Crippen LogP contribution in [0.3, 0.4) is 0 Å². The highest BCUT2D eigenvalue weighted by molar-refractivity contribution is 6.30. The Bertz CT molecular complexity index is 496. The lowest BCUT2D eigenvalue weighted by Crippen LogP contribution is -2.33. The zero-order valence-electron chi connectivity index (χ0n) is 10.1. The number of benzene rings is 1. The number of rotatable bonds is 3. The van der Waals surface area contributed by atoms with E-state index in [1.807, 2.05) is 0 Å². The molecule has 19 heavy (non-hydrogen) atoms. The van der Waals surface area contributed by atoms with E-state index in [1.165, 1.54) is 0 Å². The summed E-state index contributed by atoms with van der Waals surface area (Å²) in [5.41, 5.74) is -0.380. The predicted molar refractivity (Wildman–Crippen MR) is 67.0 cm³/mol. The number of halogens is 3. The molecule has 0 aromatic heterocycles. The molecule has 1 fully saturated rings. The van der Waals surface area contributed by atoms with E-state index in [1.54, 1.807) is 0 Å². The van der Waals surface area contributed by atoms with Crippen LogP contribution in [0.4, 0.5) is 8.78 Å². The van der Waals surface area contributed by atoms with Crippen molar-refractivity contribution in [2.75, 3.05) is 6.54 Å². The molecule has 6 heteroatoms. The van der Waals surface area contributed by atoms with Crippen LogP contribution in [-0.2, 0) is 0 Å². The first kappa shape index (κ1) is 14.2. The summed E-state index contributed by atoms with van der Waals surface area (Å²) in [4.78, 5) is 11.7. The zero-order chi connectivity index (χ0) is 14.0. The number of amides is 1. The summed E-state index contributed by atoms with van der Waals surface area (Å²) in [6.45, 7) is 0.254. The van der Waals surface area contributed by atoms with Gasteiger partial charge >= 0.3 is 0 Å². The maximum Gasteiger partial charge on any atom is 0.254 e. The molecule has 1 aliphatic rings. The topological polar surface area (TPSA) is 49.3 Å².